The lowest BCUT2D eigenvalue weighted by molar-refractivity contribution is 0.0856. The Morgan fingerprint density at radius 3 is 2.35 bits per heavy atom. The smallest absolute Gasteiger partial charge is 0.291 e. The zero-order valence-electron chi connectivity index (χ0n) is 21.1. The van der Waals surface area contributed by atoms with E-state index in [4.69, 9.17) is 0 Å². The Balaban J connectivity index is 1.72. The molecular weight excluding hydrogens is 478 g/mol. The van der Waals surface area contributed by atoms with Crippen LogP contribution in [0, 0.1) is 5.92 Å². The average Bonchev–Trinajstić information content (AvgIpc) is 3.51. The summed E-state index contributed by atoms with van der Waals surface area (Å²) in [5, 5.41) is 14.2. The molecule has 8 nitrogen and oxygen atoms in total. The molecule has 0 fully saturated rings. The highest BCUT2D eigenvalue weighted by molar-refractivity contribution is 5.80. The van der Waals surface area contributed by atoms with Gasteiger partial charge in [0.2, 0.25) is 11.7 Å². The van der Waals surface area contributed by atoms with Crippen LogP contribution >= 0.6 is 0 Å². The summed E-state index contributed by atoms with van der Waals surface area (Å²) in [6.07, 6.45) is -1.53. The zero-order chi connectivity index (χ0) is 26.5. The average molecular weight is 509 g/mol. The van der Waals surface area contributed by atoms with E-state index in [0.717, 1.165) is 22.3 Å². The summed E-state index contributed by atoms with van der Waals surface area (Å²) >= 11 is 0. The molecule has 2 heterocycles. The van der Waals surface area contributed by atoms with Crippen molar-refractivity contribution in [1.82, 2.24) is 29.8 Å². The van der Waals surface area contributed by atoms with Crippen LogP contribution in [0.15, 0.2) is 53.3 Å². The molecular formula is C27H30F2N6O2. The highest BCUT2D eigenvalue weighted by Gasteiger charge is 2.29. The van der Waals surface area contributed by atoms with Crippen LogP contribution in [0.2, 0.25) is 0 Å². The number of alkyl halides is 2. The fourth-order valence-electron chi connectivity index (χ4n) is 4.43. The number of carbonyl (C=O) groups excluding carboxylic acids is 1. The van der Waals surface area contributed by atoms with Gasteiger partial charge in [-0.25, -0.2) is 18.1 Å². The van der Waals surface area contributed by atoms with Crippen molar-refractivity contribution in [3.05, 3.63) is 76.0 Å². The number of tetrazole rings is 1. The van der Waals surface area contributed by atoms with Gasteiger partial charge in [0.05, 0.1) is 6.54 Å². The highest BCUT2D eigenvalue weighted by atomic mass is 19.3. The van der Waals surface area contributed by atoms with Crippen molar-refractivity contribution >= 4 is 5.91 Å². The second-order valence-electron chi connectivity index (χ2n) is 9.39. The Morgan fingerprint density at radius 2 is 1.76 bits per heavy atom. The lowest BCUT2D eigenvalue weighted by Crippen LogP contribution is -2.30. The number of rotatable bonds is 10. The minimum Gasteiger partial charge on any atom is -0.291 e. The molecule has 0 saturated heterocycles. The normalized spacial score (nSPS) is 11.5. The van der Waals surface area contributed by atoms with Gasteiger partial charge in [-0.3, -0.25) is 9.36 Å². The van der Waals surface area contributed by atoms with Gasteiger partial charge in [-0.15, -0.1) is 10.2 Å². The molecule has 0 aliphatic carbocycles. The van der Waals surface area contributed by atoms with Gasteiger partial charge in [0, 0.05) is 17.7 Å². The summed E-state index contributed by atoms with van der Waals surface area (Å²) in [4.78, 5) is 26.0. The SMILES string of the molecule is CCCC(=O)n1c(C(F)F)c(CCC(C)C)n(Cc2ccc(-c3ccccc3-c3nn[nH]n3)cc2)c1=O. The number of H-pyrrole nitrogens is 1. The molecule has 1 N–H and O–H groups in total. The topological polar surface area (TPSA) is 98.5 Å². The van der Waals surface area contributed by atoms with Crippen LogP contribution in [0.4, 0.5) is 8.78 Å². The predicted octanol–water partition coefficient (Wildman–Crippen LogP) is 5.51. The van der Waals surface area contributed by atoms with Gasteiger partial charge < -0.3 is 0 Å². The number of nitrogens with one attached hydrogen (secondary N) is 1. The zero-order valence-corrected chi connectivity index (χ0v) is 21.1. The van der Waals surface area contributed by atoms with Crippen molar-refractivity contribution < 1.29 is 13.6 Å². The third-order valence-electron chi connectivity index (χ3n) is 6.28. The Labute approximate surface area is 213 Å². The van der Waals surface area contributed by atoms with Crippen LogP contribution in [-0.4, -0.2) is 35.7 Å². The van der Waals surface area contributed by atoms with E-state index in [-0.39, 0.29) is 31.0 Å². The third-order valence-corrected chi connectivity index (χ3v) is 6.28. The lowest BCUT2D eigenvalue weighted by atomic mass is 9.98. The molecule has 2 aromatic heterocycles. The van der Waals surface area contributed by atoms with Crippen molar-refractivity contribution in [1.29, 1.82) is 0 Å². The molecule has 0 atom stereocenters. The van der Waals surface area contributed by atoms with Crippen LogP contribution in [-0.2, 0) is 13.0 Å². The summed E-state index contributed by atoms with van der Waals surface area (Å²) < 4.78 is 30.4. The van der Waals surface area contributed by atoms with Crippen molar-refractivity contribution in [3.8, 4) is 22.5 Å². The van der Waals surface area contributed by atoms with Crippen molar-refractivity contribution in [2.24, 2.45) is 5.92 Å². The Hall–Kier alpha value is -3.95. The first-order valence-corrected chi connectivity index (χ1v) is 12.4. The van der Waals surface area contributed by atoms with Gasteiger partial charge in [0.1, 0.15) is 5.69 Å². The number of aromatic nitrogens is 6. The van der Waals surface area contributed by atoms with Gasteiger partial charge in [-0.05, 0) is 47.1 Å². The van der Waals surface area contributed by atoms with Gasteiger partial charge in [0.25, 0.3) is 6.43 Å². The molecule has 0 unspecified atom stereocenters. The predicted molar refractivity (Wildman–Crippen MR) is 136 cm³/mol. The monoisotopic (exact) mass is 508 g/mol. The number of benzene rings is 2. The third kappa shape index (κ3) is 5.58. The first kappa shape index (κ1) is 26.1. The van der Waals surface area contributed by atoms with E-state index in [9.17, 15) is 18.4 Å². The second kappa shape index (κ2) is 11.4. The Bertz CT molecular complexity index is 1410. The number of hydrogen-bond acceptors (Lipinski definition) is 5. The lowest BCUT2D eigenvalue weighted by Gasteiger charge is -2.12. The number of hydrogen-bond donors (Lipinski definition) is 1. The number of nitrogens with zero attached hydrogens (tertiary/aromatic N) is 5. The summed E-state index contributed by atoms with van der Waals surface area (Å²) in [6.45, 7) is 5.86. The van der Waals surface area contributed by atoms with Crippen molar-refractivity contribution in [3.63, 3.8) is 0 Å². The quantitative estimate of drug-likeness (QED) is 0.305. The van der Waals surface area contributed by atoms with Gasteiger partial charge >= 0.3 is 5.69 Å². The molecule has 4 aromatic rings. The maximum atomic E-state index is 14.2. The van der Waals surface area contributed by atoms with Gasteiger partial charge in [0.15, 0.2) is 0 Å². The Kier molecular flexibility index (Phi) is 8.05. The molecule has 194 valence electrons. The van der Waals surface area contributed by atoms with E-state index < -0.39 is 23.7 Å². The minimum atomic E-state index is -2.93. The molecule has 10 heteroatoms. The Morgan fingerprint density at radius 1 is 1.05 bits per heavy atom. The van der Waals surface area contributed by atoms with Gasteiger partial charge in [-0.1, -0.05) is 69.3 Å². The second-order valence-corrected chi connectivity index (χ2v) is 9.39. The maximum Gasteiger partial charge on any atom is 0.335 e. The molecule has 0 aliphatic heterocycles. The van der Waals surface area contributed by atoms with E-state index in [1.807, 2.05) is 62.4 Å². The van der Waals surface area contributed by atoms with Crippen molar-refractivity contribution in [2.75, 3.05) is 0 Å². The molecule has 37 heavy (non-hydrogen) atoms. The number of carbonyl (C=O) groups is 1. The summed E-state index contributed by atoms with van der Waals surface area (Å²) in [5.74, 6) is 0.127. The minimum absolute atomic E-state index is 0.0295. The largest absolute Gasteiger partial charge is 0.335 e. The van der Waals surface area contributed by atoms with Gasteiger partial charge in [-0.2, -0.15) is 5.21 Å². The first-order chi connectivity index (χ1) is 17.8. The number of aromatic amines is 1. The van der Waals surface area contributed by atoms with Crippen LogP contribution in [0.3, 0.4) is 0 Å². The fraction of sp³-hybridized carbons (Fsp3) is 0.370. The molecule has 0 spiro atoms. The summed E-state index contributed by atoms with van der Waals surface area (Å²) in [6, 6.07) is 15.2. The van der Waals surface area contributed by atoms with E-state index in [1.54, 1.807) is 6.92 Å². The van der Waals surface area contributed by atoms with Crippen LogP contribution in [0.1, 0.15) is 68.2 Å². The highest BCUT2D eigenvalue weighted by Crippen LogP contribution is 2.30. The molecule has 0 amide bonds. The number of halogens is 2. The van der Waals surface area contributed by atoms with Crippen LogP contribution in [0.5, 0.6) is 0 Å². The van der Waals surface area contributed by atoms with Crippen molar-refractivity contribution in [2.45, 2.75) is 59.4 Å². The van der Waals surface area contributed by atoms with E-state index in [1.165, 1.54) is 4.57 Å². The molecule has 0 saturated carbocycles. The van der Waals surface area contributed by atoms with E-state index in [0.29, 0.717) is 23.2 Å². The summed E-state index contributed by atoms with van der Waals surface area (Å²) in [5.41, 5.74) is 2.42. The van der Waals surface area contributed by atoms with Crippen LogP contribution < -0.4 is 5.69 Å². The standard InChI is InChI=1S/C27H30F2N6O2/c1-4-7-23(36)35-24(25(28)29)22(15-10-17(2)3)34(27(35)37)16-18-11-13-19(14-12-18)20-8-5-6-9-21(20)26-30-32-33-31-26/h5-6,8-9,11-14,17,25H,4,7,10,15-16H2,1-3H3,(H,30,31,32,33). The maximum absolute atomic E-state index is 14.2. The van der Waals surface area contributed by atoms with E-state index in [2.05, 4.69) is 20.6 Å². The number of imidazole rings is 1. The van der Waals surface area contributed by atoms with Crippen LogP contribution in [0.25, 0.3) is 22.5 Å². The molecule has 4 rings (SSSR count). The first-order valence-electron chi connectivity index (χ1n) is 12.4. The molecule has 0 bridgehead atoms. The van der Waals surface area contributed by atoms with E-state index >= 15 is 0 Å². The summed E-state index contributed by atoms with van der Waals surface area (Å²) in [7, 11) is 0. The molecule has 0 radical (unpaired) electrons. The molecule has 0 aliphatic rings. The molecule has 2 aromatic carbocycles. The fourth-order valence-corrected chi connectivity index (χ4v) is 4.43.